The Morgan fingerprint density at radius 1 is 1.31 bits per heavy atom. The van der Waals surface area contributed by atoms with Gasteiger partial charge in [-0.1, -0.05) is 6.92 Å². The number of rotatable bonds is 3. The number of fused-ring (bicyclic) bond motifs is 1. The number of amides is 2. The maximum Gasteiger partial charge on any atom is 0.274 e. The number of aromatic nitrogens is 2. The summed E-state index contributed by atoms with van der Waals surface area (Å²) in [5, 5.41) is 1.80. The summed E-state index contributed by atoms with van der Waals surface area (Å²) >= 11 is 1.32. The highest BCUT2D eigenvalue weighted by atomic mass is 32.1. The van der Waals surface area contributed by atoms with Crippen molar-refractivity contribution in [3.05, 3.63) is 33.7 Å². The Morgan fingerprint density at radius 3 is 2.96 bits per heavy atom. The number of hydrogen-bond donors (Lipinski definition) is 0. The van der Waals surface area contributed by atoms with E-state index in [-0.39, 0.29) is 11.8 Å². The molecule has 2 amide bonds. The molecule has 0 N–H and O–H groups in total. The molecule has 2 fully saturated rings. The zero-order valence-corrected chi connectivity index (χ0v) is 15.6. The van der Waals surface area contributed by atoms with Gasteiger partial charge in [-0.3, -0.25) is 18.8 Å². The highest BCUT2D eigenvalue weighted by molar-refractivity contribution is 7.15. The van der Waals surface area contributed by atoms with Crippen molar-refractivity contribution in [1.82, 2.24) is 19.2 Å². The lowest BCUT2D eigenvalue weighted by Gasteiger charge is -2.39. The van der Waals surface area contributed by atoms with Crippen LogP contribution in [0.2, 0.25) is 0 Å². The Hall–Kier alpha value is -2.22. The average Bonchev–Trinajstić information content (AvgIpc) is 3.26. The van der Waals surface area contributed by atoms with Gasteiger partial charge < -0.3 is 9.80 Å². The van der Waals surface area contributed by atoms with Gasteiger partial charge in [-0.05, 0) is 25.7 Å². The van der Waals surface area contributed by atoms with E-state index in [2.05, 4.69) is 11.9 Å². The number of carbonyl (C=O) groups excluding carboxylic acids is 2. The van der Waals surface area contributed by atoms with Crippen molar-refractivity contribution in [1.29, 1.82) is 0 Å². The van der Waals surface area contributed by atoms with E-state index in [1.165, 1.54) is 17.4 Å². The van der Waals surface area contributed by atoms with Gasteiger partial charge in [-0.2, -0.15) is 4.98 Å². The molecule has 26 heavy (non-hydrogen) atoms. The van der Waals surface area contributed by atoms with E-state index in [9.17, 15) is 14.4 Å². The van der Waals surface area contributed by atoms with Gasteiger partial charge in [0.15, 0.2) is 4.96 Å². The van der Waals surface area contributed by atoms with Gasteiger partial charge in [0, 0.05) is 43.8 Å². The van der Waals surface area contributed by atoms with Crippen LogP contribution in [-0.4, -0.2) is 57.2 Å². The predicted molar refractivity (Wildman–Crippen MR) is 98.4 cm³/mol. The molecule has 2 aliphatic rings. The number of likely N-dealkylation sites (tertiary alicyclic amines) is 2. The molecular weight excluding hydrogens is 352 g/mol. The van der Waals surface area contributed by atoms with Crippen molar-refractivity contribution in [2.24, 2.45) is 5.41 Å². The van der Waals surface area contributed by atoms with Crippen LogP contribution in [0.4, 0.5) is 0 Å². The Bertz CT molecular complexity index is 919. The molecule has 7 nitrogen and oxygen atoms in total. The molecule has 1 spiro atoms. The molecule has 138 valence electrons. The van der Waals surface area contributed by atoms with E-state index in [4.69, 9.17) is 0 Å². The van der Waals surface area contributed by atoms with Crippen molar-refractivity contribution in [2.45, 2.75) is 32.6 Å². The summed E-state index contributed by atoms with van der Waals surface area (Å²) in [5.74, 6) is -0.0105. The minimum atomic E-state index is -0.450. The fourth-order valence-corrected chi connectivity index (χ4v) is 4.96. The lowest BCUT2D eigenvalue weighted by atomic mass is 9.78. The highest BCUT2D eigenvalue weighted by Gasteiger charge is 2.49. The number of thiazole rings is 1. The third kappa shape index (κ3) is 2.72. The third-order valence-electron chi connectivity index (χ3n) is 5.49. The summed E-state index contributed by atoms with van der Waals surface area (Å²) in [7, 11) is 0. The molecule has 2 aromatic heterocycles. The zero-order chi connectivity index (χ0) is 18.3. The Balaban J connectivity index is 1.60. The molecule has 0 saturated carbocycles. The lowest BCUT2D eigenvalue weighted by Crippen LogP contribution is -2.50. The lowest BCUT2D eigenvalue weighted by molar-refractivity contribution is -0.145. The molecule has 0 radical (unpaired) electrons. The monoisotopic (exact) mass is 374 g/mol. The normalized spacial score (nSPS) is 23.3. The minimum Gasteiger partial charge on any atom is -0.342 e. The topological polar surface area (TPSA) is 75.0 Å². The Labute approximate surface area is 155 Å². The molecule has 0 aromatic carbocycles. The number of nitrogens with zero attached hydrogens (tertiary/aromatic N) is 4. The molecule has 2 aromatic rings. The van der Waals surface area contributed by atoms with E-state index in [1.807, 2.05) is 4.90 Å². The minimum absolute atomic E-state index is 0.188. The molecule has 2 aliphatic heterocycles. The third-order valence-corrected chi connectivity index (χ3v) is 6.25. The summed E-state index contributed by atoms with van der Waals surface area (Å²) in [6.45, 7) is 4.66. The van der Waals surface area contributed by atoms with E-state index < -0.39 is 11.0 Å². The largest absolute Gasteiger partial charge is 0.342 e. The van der Waals surface area contributed by atoms with Crippen LogP contribution in [0.15, 0.2) is 22.4 Å². The van der Waals surface area contributed by atoms with Crippen molar-refractivity contribution in [3.63, 3.8) is 0 Å². The zero-order valence-electron chi connectivity index (χ0n) is 14.8. The maximum absolute atomic E-state index is 13.1. The van der Waals surface area contributed by atoms with Gasteiger partial charge in [0.25, 0.3) is 11.5 Å². The molecule has 1 unspecified atom stereocenters. The first-order valence-corrected chi connectivity index (χ1v) is 9.98. The van der Waals surface area contributed by atoms with Crippen LogP contribution in [0.3, 0.4) is 0 Å². The fraction of sp³-hybridized carbons (Fsp3) is 0.556. The predicted octanol–water partition coefficient (Wildman–Crippen LogP) is 1.62. The summed E-state index contributed by atoms with van der Waals surface area (Å²) in [6, 6.07) is 1.29. The molecule has 4 rings (SSSR count). The van der Waals surface area contributed by atoms with E-state index in [0.29, 0.717) is 30.2 Å². The second kappa shape index (κ2) is 6.50. The fourth-order valence-electron chi connectivity index (χ4n) is 4.24. The molecule has 0 bridgehead atoms. The van der Waals surface area contributed by atoms with Crippen LogP contribution < -0.4 is 5.56 Å². The van der Waals surface area contributed by atoms with Gasteiger partial charge >= 0.3 is 0 Å². The van der Waals surface area contributed by atoms with E-state index in [1.54, 1.807) is 20.9 Å². The maximum atomic E-state index is 13.1. The van der Waals surface area contributed by atoms with Gasteiger partial charge in [-0.15, -0.1) is 11.3 Å². The first-order valence-electron chi connectivity index (χ1n) is 9.10. The van der Waals surface area contributed by atoms with Crippen LogP contribution in [0, 0.1) is 5.41 Å². The second-order valence-corrected chi connectivity index (χ2v) is 8.06. The second-order valence-electron chi connectivity index (χ2n) is 7.19. The van der Waals surface area contributed by atoms with E-state index in [0.717, 1.165) is 32.4 Å². The first-order chi connectivity index (χ1) is 12.5. The summed E-state index contributed by atoms with van der Waals surface area (Å²) in [6.07, 6.45) is 5.21. The molecule has 2 saturated heterocycles. The number of hydrogen-bond acceptors (Lipinski definition) is 5. The summed E-state index contributed by atoms with van der Waals surface area (Å²) in [5.41, 5.74) is -0.533. The molecule has 4 heterocycles. The van der Waals surface area contributed by atoms with Gasteiger partial charge in [-0.25, -0.2) is 0 Å². The van der Waals surface area contributed by atoms with Gasteiger partial charge in [0.05, 0.1) is 5.41 Å². The standard InChI is InChI=1S/C18H22N4O3S/c1-2-6-20-7-3-4-18(16(20)25)5-8-21(12-18)15(24)13-11-14(23)19-17-22(13)9-10-26-17/h9-11H,2-8,12H2,1H3. The summed E-state index contributed by atoms with van der Waals surface area (Å²) < 4.78 is 1.66. The smallest absolute Gasteiger partial charge is 0.274 e. The molecule has 8 heteroatoms. The molecular formula is C18H22N4O3S. The number of piperidine rings is 1. The Kier molecular flexibility index (Phi) is 4.30. The molecule has 1 atom stereocenters. The quantitative estimate of drug-likeness (QED) is 0.818. The van der Waals surface area contributed by atoms with Crippen LogP contribution in [-0.2, 0) is 4.79 Å². The highest BCUT2D eigenvalue weighted by Crippen LogP contribution is 2.40. The number of carbonyl (C=O) groups is 2. The van der Waals surface area contributed by atoms with Crippen LogP contribution >= 0.6 is 11.3 Å². The van der Waals surface area contributed by atoms with Crippen molar-refractivity contribution in [3.8, 4) is 0 Å². The van der Waals surface area contributed by atoms with Gasteiger partial charge in [0.2, 0.25) is 5.91 Å². The van der Waals surface area contributed by atoms with Crippen LogP contribution in [0.25, 0.3) is 4.96 Å². The first kappa shape index (κ1) is 17.2. The van der Waals surface area contributed by atoms with Crippen LogP contribution in [0.1, 0.15) is 43.1 Å². The van der Waals surface area contributed by atoms with Crippen molar-refractivity contribution < 1.29 is 9.59 Å². The Morgan fingerprint density at radius 2 is 2.15 bits per heavy atom. The SMILES string of the molecule is CCCN1CCCC2(CCN(C(=O)c3cc(=O)nc4sccn34)C2)C1=O. The van der Waals surface area contributed by atoms with Crippen LogP contribution in [0.5, 0.6) is 0 Å². The molecule has 0 aliphatic carbocycles. The van der Waals surface area contributed by atoms with Gasteiger partial charge in [0.1, 0.15) is 5.69 Å². The van der Waals surface area contributed by atoms with Crippen molar-refractivity contribution in [2.75, 3.05) is 26.2 Å². The average molecular weight is 374 g/mol. The summed E-state index contributed by atoms with van der Waals surface area (Å²) in [4.78, 5) is 46.0. The van der Waals surface area contributed by atoms with Crippen molar-refractivity contribution >= 4 is 28.1 Å². The van der Waals surface area contributed by atoms with E-state index >= 15 is 0 Å².